The number of unbranched alkanes of at least 4 members (excludes halogenated alkanes) is 2. The lowest BCUT2D eigenvalue weighted by molar-refractivity contribution is 0.290. The number of nitrogens with one attached hydrogen (secondary N) is 2. The first kappa shape index (κ1) is 35.1. The van der Waals surface area contributed by atoms with E-state index in [1.165, 1.54) is 54.4 Å². The average molecular weight is 655 g/mol. The second kappa shape index (κ2) is 17.3. The number of methoxy groups -OCH3 is 4. The molecule has 5 rings (SSSR count). The van der Waals surface area contributed by atoms with Gasteiger partial charge in [0.05, 0.1) is 40.2 Å². The van der Waals surface area contributed by atoms with Crippen molar-refractivity contribution in [2.75, 3.05) is 59.9 Å². The van der Waals surface area contributed by atoms with Gasteiger partial charge in [0.1, 0.15) is 5.75 Å². The molecule has 1 atom stereocenters. The normalized spacial score (nSPS) is 15.8. The van der Waals surface area contributed by atoms with Gasteiger partial charge in [-0.15, -0.1) is 0 Å². The summed E-state index contributed by atoms with van der Waals surface area (Å²) in [5.74, 6) is 3.48. The molecule has 0 bridgehead atoms. The molecule has 2 heterocycles. The molecular formula is C40H54N4O4. The first-order valence-electron chi connectivity index (χ1n) is 17.5. The second-order valence-corrected chi connectivity index (χ2v) is 12.9. The highest BCUT2D eigenvalue weighted by Crippen LogP contribution is 2.42. The standard InChI is InChI=1S/C40H54N4O4/c1-7-19-44(27-29-14-17-42-35(21-29)31-22-34(30-12-11-13-30)28(2)37(23-31)45-3)20-10-8-9-16-41-33-15-18-43-36(26-33)32-24-38(46-4)40(48-6)39(25-32)47-5/h14-15,17-18,21-26,30,35,42H,7-13,16,19-20,27H2,1-6H3,(H,41,43). The highest BCUT2D eigenvalue weighted by Gasteiger charge is 2.25. The molecule has 0 amide bonds. The smallest absolute Gasteiger partial charge is 0.203 e. The lowest BCUT2D eigenvalue weighted by Crippen LogP contribution is -2.29. The summed E-state index contributed by atoms with van der Waals surface area (Å²) in [6, 6.07) is 12.7. The molecule has 1 aliphatic heterocycles. The summed E-state index contributed by atoms with van der Waals surface area (Å²) in [4.78, 5) is 7.20. The summed E-state index contributed by atoms with van der Waals surface area (Å²) in [6.45, 7) is 8.57. The number of benzene rings is 2. The number of ether oxygens (including phenoxy) is 4. The zero-order valence-electron chi connectivity index (χ0n) is 29.7. The minimum Gasteiger partial charge on any atom is -0.496 e. The fourth-order valence-corrected chi connectivity index (χ4v) is 6.78. The molecule has 0 spiro atoms. The van der Waals surface area contributed by atoms with Crippen LogP contribution in [0, 0.1) is 6.92 Å². The Morgan fingerprint density at radius 1 is 0.896 bits per heavy atom. The van der Waals surface area contributed by atoms with Gasteiger partial charge in [-0.05, 0) is 123 Å². The van der Waals surface area contributed by atoms with Crippen molar-refractivity contribution in [3.63, 3.8) is 0 Å². The van der Waals surface area contributed by atoms with Gasteiger partial charge in [-0.3, -0.25) is 9.88 Å². The molecule has 0 saturated heterocycles. The van der Waals surface area contributed by atoms with Crippen molar-refractivity contribution >= 4 is 5.69 Å². The first-order chi connectivity index (χ1) is 23.5. The van der Waals surface area contributed by atoms with Crippen molar-refractivity contribution in [3.8, 4) is 34.3 Å². The molecule has 3 aromatic rings. The minimum absolute atomic E-state index is 0.162. The van der Waals surface area contributed by atoms with Crippen LogP contribution in [0.15, 0.2) is 66.5 Å². The van der Waals surface area contributed by atoms with E-state index in [2.05, 4.69) is 70.9 Å². The van der Waals surface area contributed by atoms with Crippen molar-refractivity contribution in [2.24, 2.45) is 0 Å². The predicted molar refractivity (Wildman–Crippen MR) is 196 cm³/mol. The third-order valence-electron chi connectivity index (χ3n) is 9.65. The van der Waals surface area contributed by atoms with Crippen molar-refractivity contribution in [3.05, 3.63) is 83.2 Å². The molecule has 2 N–H and O–H groups in total. The van der Waals surface area contributed by atoms with E-state index in [1.807, 2.05) is 24.4 Å². The number of dihydropyridines is 1. The van der Waals surface area contributed by atoms with Crippen LogP contribution in [-0.4, -0.2) is 64.5 Å². The van der Waals surface area contributed by atoms with Gasteiger partial charge in [0.25, 0.3) is 0 Å². The molecular weight excluding hydrogens is 600 g/mol. The molecule has 1 aromatic heterocycles. The van der Waals surface area contributed by atoms with Crippen LogP contribution >= 0.6 is 0 Å². The fraction of sp³-hybridized carbons (Fsp3) is 0.475. The molecule has 8 nitrogen and oxygen atoms in total. The van der Waals surface area contributed by atoms with E-state index < -0.39 is 0 Å². The summed E-state index contributed by atoms with van der Waals surface area (Å²) in [5.41, 5.74) is 8.23. The molecule has 2 aromatic carbocycles. The maximum Gasteiger partial charge on any atom is 0.203 e. The zero-order valence-corrected chi connectivity index (χ0v) is 29.7. The third kappa shape index (κ3) is 8.64. The van der Waals surface area contributed by atoms with Crippen LogP contribution in [0.5, 0.6) is 23.0 Å². The van der Waals surface area contributed by atoms with Gasteiger partial charge in [-0.1, -0.05) is 31.9 Å². The Morgan fingerprint density at radius 2 is 1.67 bits per heavy atom. The number of rotatable bonds is 18. The predicted octanol–water partition coefficient (Wildman–Crippen LogP) is 8.44. The summed E-state index contributed by atoms with van der Waals surface area (Å²) in [7, 11) is 6.65. The molecule has 0 radical (unpaired) electrons. The quantitative estimate of drug-likeness (QED) is 0.132. The van der Waals surface area contributed by atoms with Gasteiger partial charge in [-0.25, -0.2) is 0 Å². The number of nitrogens with zero attached hydrogens (tertiary/aromatic N) is 2. The topological polar surface area (TPSA) is 77.1 Å². The van der Waals surface area contributed by atoms with Crippen LogP contribution in [-0.2, 0) is 0 Å². The van der Waals surface area contributed by atoms with Crippen LogP contribution in [0.25, 0.3) is 11.3 Å². The Labute approximate surface area is 287 Å². The van der Waals surface area contributed by atoms with Crippen LogP contribution in [0.2, 0.25) is 0 Å². The van der Waals surface area contributed by atoms with E-state index in [9.17, 15) is 0 Å². The summed E-state index contributed by atoms with van der Waals surface area (Å²) in [5, 5.41) is 7.18. The molecule has 8 heteroatoms. The third-order valence-corrected chi connectivity index (χ3v) is 9.65. The monoisotopic (exact) mass is 654 g/mol. The van der Waals surface area contributed by atoms with E-state index in [-0.39, 0.29) is 6.04 Å². The molecule has 1 saturated carbocycles. The maximum atomic E-state index is 5.81. The molecule has 1 aliphatic carbocycles. The first-order valence-corrected chi connectivity index (χ1v) is 17.5. The lowest BCUT2D eigenvalue weighted by atomic mass is 9.77. The highest BCUT2D eigenvalue weighted by molar-refractivity contribution is 5.70. The minimum atomic E-state index is 0.162. The number of anilines is 1. The molecule has 1 unspecified atom stereocenters. The average Bonchev–Trinajstić information content (AvgIpc) is 3.09. The van der Waals surface area contributed by atoms with Crippen LogP contribution in [0.3, 0.4) is 0 Å². The molecule has 48 heavy (non-hydrogen) atoms. The number of pyridine rings is 1. The van der Waals surface area contributed by atoms with Crippen molar-refractivity contribution < 1.29 is 18.9 Å². The van der Waals surface area contributed by atoms with E-state index >= 15 is 0 Å². The highest BCUT2D eigenvalue weighted by atomic mass is 16.5. The van der Waals surface area contributed by atoms with E-state index in [0.29, 0.717) is 23.2 Å². The van der Waals surface area contributed by atoms with Gasteiger partial charge in [0.15, 0.2) is 11.5 Å². The Hall–Kier alpha value is -4.17. The van der Waals surface area contributed by atoms with E-state index in [1.54, 1.807) is 28.4 Å². The molecule has 258 valence electrons. The van der Waals surface area contributed by atoms with Gasteiger partial charge in [0.2, 0.25) is 5.75 Å². The number of aromatic nitrogens is 1. The van der Waals surface area contributed by atoms with Crippen molar-refractivity contribution in [2.45, 2.75) is 70.8 Å². The lowest BCUT2D eigenvalue weighted by Gasteiger charge is -2.30. The fourth-order valence-electron chi connectivity index (χ4n) is 6.78. The van der Waals surface area contributed by atoms with Crippen molar-refractivity contribution in [1.29, 1.82) is 0 Å². The van der Waals surface area contributed by atoms with Crippen LogP contribution in [0.1, 0.15) is 80.5 Å². The zero-order chi connectivity index (χ0) is 33.9. The van der Waals surface area contributed by atoms with Gasteiger partial charge >= 0.3 is 0 Å². The largest absolute Gasteiger partial charge is 0.496 e. The molecule has 2 aliphatic rings. The van der Waals surface area contributed by atoms with E-state index in [4.69, 9.17) is 18.9 Å². The summed E-state index contributed by atoms with van der Waals surface area (Å²) < 4.78 is 22.3. The summed E-state index contributed by atoms with van der Waals surface area (Å²) >= 11 is 0. The Morgan fingerprint density at radius 3 is 2.33 bits per heavy atom. The van der Waals surface area contributed by atoms with Gasteiger partial charge < -0.3 is 29.6 Å². The van der Waals surface area contributed by atoms with Crippen LogP contribution < -0.4 is 29.6 Å². The van der Waals surface area contributed by atoms with Crippen LogP contribution in [0.4, 0.5) is 5.69 Å². The Kier molecular flexibility index (Phi) is 12.7. The number of hydrogen-bond acceptors (Lipinski definition) is 8. The number of hydrogen-bond donors (Lipinski definition) is 2. The van der Waals surface area contributed by atoms with E-state index in [0.717, 1.165) is 61.7 Å². The Bertz CT molecular complexity index is 1540. The SMILES string of the molecule is CCCN(CCCCCNc1ccnc(-c2cc(OC)c(OC)c(OC)c2)c1)CC1=CC(c2cc(OC)c(C)c(C3CCC3)c2)NC=C1. The Balaban J connectivity index is 1.12. The second-order valence-electron chi connectivity index (χ2n) is 12.9. The van der Waals surface area contributed by atoms with Gasteiger partial charge in [-0.2, -0.15) is 0 Å². The molecule has 1 fully saturated rings. The van der Waals surface area contributed by atoms with Crippen molar-refractivity contribution in [1.82, 2.24) is 15.2 Å². The van der Waals surface area contributed by atoms with Gasteiger partial charge in [0, 0.05) is 30.5 Å². The summed E-state index contributed by atoms with van der Waals surface area (Å²) in [6.07, 6.45) is 17.1. The maximum absolute atomic E-state index is 5.81.